The summed E-state index contributed by atoms with van der Waals surface area (Å²) < 4.78 is 33.6. The van der Waals surface area contributed by atoms with Gasteiger partial charge in [-0.15, -0.1) is 11.3 Å². The van der Waals surface area contributed by atoms with Crippen LogP contribution in [0.5, 0.6) is 5.75 Å². The Labute approximate surface area is 152 Å². The van der Waals surface area contributed by atoms with E-state index >= 15 is 0 Å². The van der Waals surface area contributed by atoms with Crippen molar-refractivity contribution in [3.05, 3.63) is 69.1 Å². The second-order valence-electron chi connectivity index (χ2n) is 6.15. The van der Waals surface area contributed by atoms with Crippen LogP contribution >= 0.6 is 11.3 Å². The number of allylic oxidation sites excluding steroid dienone is 1. The lowest BCUT2D eigenvalue weighted by Crippen LogP contribution is -2.20. The van der Waals surface area contributed by atoms with Crippen LogP contribution in [0.3, 0.4) is 0 Å². The number of aryl methyl sites for hydroxylation is 2. The number of fused-ring (bicyclic) bond motifs is 3. The zero-order chi connectivity index (χ0) is 18.6. The molecular formula is C19H13F2N3OS. The number of aromatic nitrogens is 1. The molecule has 3 aromatic rings. The van der Waals surface area contributed by atoms with Crippen molar-refractivity contribution in [3.63, 3.8) is 0 Å². The summed E-state index contributed by atoms with van der Waals surface area (Å²) in [5.41, 5.74) is 8.04. The van der Waals surface area contributed by atoms with E-state index < -0.39 is 17.6 Å². The maximum Gasteiger partial charge on any atom is 0.205 e. The van der Waals surface area contributed by atoms with Gasteiger partial charge in [0, 0.05) is 17.3 Å². The first kappa shape index (κ1) is 16.5. The van der Waals surface area contributed by atoms with Crippen LogP contribution in [0.4, 0.5) is 8.78 Å². The minimum Gasteiger partial charge on any atom is -0.439 e. The largest absolute Gasteiger partial charge is 0.439 e. The highest BCUT2D eigenvalue weighted by molar-refractivity contribution is 7.19. The number of hydrogen-bond donors (Lipinski definition) is 1. The molecule has 0 fully saturated rings. The second kappa shape index (κ2) is 5.78. The second-order valence-corrected chi connectivity index (χ2v) is 7.18. The summed E-state index contributed by atoms with van der Waals surface area (Å²) >= 11 is 1.33. The molecule has 130 valence electrons. The number of benzene rings is 1. The number of rotatable bonds is 1. The number of nitriles is 1. The van der Waals surface area contributed by atoms with Crippen LogP contribution in [0.1, 0.15) is 27.6 Å². The molecule has 0 saturated heterocycles. The molecule has 3 heterocycles. The molecule has 0 saturated carbocycles. The van der Waals surface area contributed by atoms with E-state index in [0.717, 1.165) is 27.5 Å². The number of nitrogens with two attached hydrogens (primary N) is 1. The number of halogens is 2. The number of nitrogens with zero attached hydrogens (tertiary/aromatic N) is 2. The number of ether oxygens (including phenoxy) is 1. The monoisotopic (exact) mass is 369 g/mol. The molecule has 4 nitrogen and oxygen atoms in total. The van der Waals surface area contributed by atoms with Crippen LogP contribution in [-0.2, 0) is 0 Å². The summed E-state index contributed by atoms with van der Waals surface area (Å²) in [4.78, 5) is 5.89. The fourth-order valence-corrected chi connectivity index (χ4v) is 4.66. The van der Waals surface area contributed by atoms with Gasteiger partial charge in [0.25, 0.3) is 0 Å². The highest BCUT2D eigenvalue weighted by Gasteiger charge is 2.36. The Balaban J connectivity index is 2.05. The van der Waals surface area contributed by atoms with Crippen LogP contribution < -0.4 is 10.5 Å². The van der Waals surface area contributed by atoms with Crippen molar-refractivity contribution in [2.45, 2.75) is 19.8 Å². The average Bonchev–Trinajstić information content (AvgIpc) is 2.92. The van der Waals surface area contributed by atoms with Crippen molar-refractivity contribution in [3.8, 4) is 11.8 Å². The Morgan fingerprint density at radius 1 is 1.27 bits per heavy atom. The Kier molecular flexibility index (Phi) is 3.67. The van der Waals surface area contributed by atoms with Crippen LogP contribution in [-0.4, -0.2) is 4.98 Å². The van der Waals surface area contributed by atoms with E-state index in [1.54, 1.807) is 0 Å². The third-order valence-corrected chi connectivity index (χ3v) is 5.52. The molecule has 0 bridgehead atoms. The summed E-state index contributed by atoms with van der Waals surface area (Å²) in [6, 6.07) is 7.24. The smallest absolute Gasteiger partial charge is 0.205 e. The highest BCUT2D eigenvalue weighted by atomic mass is 32.1. The van der Waals surface area contributed by atoms with E-state index in [0.29, 0.717) is 10.6 Å². The lowest BCUT2D eigenvalue weighted by atomic mass is 9.88. The van der Waals surface area contributed by atoms with Crippen molar-refractivity contribution in [1.29, 1.82) is 5.26 Å². The maximum absolute atomic E-state index is 14.5. The zero-order valence-corrected chi connectivity index (χ0v) is 14.7. The van der Waals surface area contributed by atoms with Crippen LogP contribution in [0, 0.1) is 36.8 Å². The van der Waals surface area contributed by atoms with Gasteiger partial charge in [0.05, 0.1) is 16.2 Å². The van der Waals surface area contributed by atoms with Crippen molar-refractivity contribution < 1.29 is 13.5 Å². The van der Waals surface area contributed by atoms with Crippen LogP contribution in [0.2, 0.25) is 0 Å². The van der Waals surface area contributed by atoms with Crippen LogP contribution in [0.15, 0.2) is 35.7 Å². The Hall–Kier alpha value is -2.98. The molecule has 1 atom stereocenters. The lowest BCUT2D eigenvalue weighted by Gasteiger charge is -2.24. The quantitative estimate of drug-likeness (QED) is 0.690. The molecule has 0 aliphatic carbocycles. The highest BCUT2D eigenvalue weighted by Crippen LogP contribution is 2.51. The van der Waals surface area contributed by atoms with Crippen molar-refractivity contribution >= 4 is 21.6 Å². The summed E-state index contributed by atoms with van der Waals surface area (Å²) in [6.45, 7) is 3.82. The predicted molar refractivity (Wildman–Crippen MR) is 94.7 cm³/mol. The topological polar surface area (TPSA) is 71.9 Å². The average molecular weight is 369 g/mol. The summed E-state index contributed by atoms with van der Waals surface area (Å²) in [5.74, 6) is -1.77. The van der Waals surface area contributed by atoms with Crippen molar-refractivity contribution in [2.75, 3.05) is 0 Å². The molecule has 26 heavy (non-hydrogen) atoms. The zero-order valence-electron chi connectivity index (χ0n) is 13.9. The molecular weight excluding hydrogens is 356 g/mol. The summed E-state index contributed by atoms with van der Waals surface area (Å²) in [7, 11) is 0. The van der Waals surface area contributed by atoms with Gasteiger partial charge >= 0.3 is 0 Å². The predicted octanol–water partition coefficient (Wildman–Crippen LogP) is 4.41. The molecule has 1 aliphatic heterocycles. The van der Waals surface area contributed by atoms with Gasteiger partial charge in [0.2, 0.25) is 5.88 Å². The van der Waals surface area contributed by atoms with Gasteiger partial charge < -0.3 is 10.5 Å². The molecule has 0 radical (unpaired) electrons. The van der Waals surface area contributed by atoms with Gasteiger partial charge in [-0.1, -0.05) is 6.07 Å². The first-order valence-corrected chi connectivity index (χ1v) is 8.65. The van der Waals surface area contributed by atoms with Gasteiger partial charge in [0.15, 0.2) is 5.75 Å². The van der Waals surface area contributed by atoms with Gasteiger partial charge in [-0.25, -0.2) is 13.8 Å². The minimum atomic E-state index is -0.761. The SMILES string of the molecule is Cc1cc(C)c2c3c(sc2n1)C(c1ccc(F)cc1F)C(C#N)=C(N)O3. The molecule has 1 unspecified atom stereocenters. The van der Waals surface area contributed by atoms with E-state index in [-0.39, 0.29) is 17.0 Å². The van der Waals surface area contributed by atoms with E-state index in [2.05, 4.69) is 4.98 Å². The molecule has 0 amide bonds. The molecule has 1 aromatic carbocycles. The van der Waals surface area contributed by atoms with E-state index in [1.165, 1.54) is 23.5 Å². The first-order chi connectivity index (χ1) is 12.4. The van der Waals surface area contributed by atoms with Crippen molar-refractivity contribution in [2.24, 2.45) is 5.73 Å². The Morgan fingerprint density at radius 2 is 2.04 bits per heavy atom. The molecule has 2 N–H and O–H groups in total. The third kappa shape index (κ3) is 2.34. The number of pyridine rings is 1. The third-order valence-electron chi connectivity index (χ3n) is 4.39. The molecule has 2 aromatic heterocycles. The fraction of sp³-hybridized carbons (Fsp3) is 0.158. The van der Waals surface area contributed by atoms with Gasteiger partial charge in [-0.3, -0.25) is 0 Å². The molecule has 7 heteroatoms. The minimum absolute atomic E-state index is 0.0756. The van der Waals surface area contributed by atoms with E-state index in [4.69, 9.17) is 10.5 Å². The van der Waals surface area contributed by atoms with E-state index in [1.807, 2.05) is 26.0 Å². The van der Waals surface area contributed by atoms with E-state index in [9.17, 15) is 14.0 Å². The van der Waals surface area contributed by atoms with Crippen molar-refractivity contribution in [1.82, 2.24) is 4.98 Å². The molecule has 1 aliphatic rings. The van der Waals surface area contributed by atoms with Gasteiger partial charge in [0.1, 0.15) is 28.1 Å². The number of thiophene rings is 1. The van der Waals surface area contributed by atoms with Gasteiger partial charge in [-0.2, -0.15) is 5.26 Å². The normalized spacial score (nSPS) is 16.3. The lowest BCUT2D eigenvalue weighted by molar-refractivity contribution is 0.400. The Morgan fingerprint density at radius 3 is 2.73 bits per heavy atom. The number of hydrogen-bond acceptors (Lipinski definition) is 5. The maximum atomic E-state index is 14.5. The fourth-order valence-electron chi connectivity index (χ4n) is 3.31. The Bertz CT molecular complexity index is 1140. The summed E-state index contributed by atoms with van der Waals surface area (Å²) in [6.07, 6.45) is 0. The molecule has 0 spiro atoms. The van der Waals surface area contributed by atoms with Gasteiger partial charge in [-0.05, 0) is 31.5 Å². The first-order valence-electron chi connectivity index (χ1n) is 7.84. The molecule has 4 rings (SSSR count). The van der Waals surface area contributed by atoms with Crippen LogP contribution in [0.25, 0.3) is 10.2 Å². The standard InChI is InChI=1S/C19H13F2N3OS/c1-8-5-9(2)24-19-14(8)16-17(26-19)15(12(7-22)18(23)25-16)11-4-3-10(20)6-13(11)21/h3-6,15H,23H2,1-2H3. The summed E-state index contributed by atoms with van der Waals surface area (Å²) in [5, 5.41) is 10.4.